The van der Waals surface area contributed by atoms with Gasteiger partial charge in [0, 0.05) is 29.2 Å². The van der Waals surface area contributed by atoms with E-state index in [-0.39, 0.29) is 30.9 Å². The number of carbonyl (C=O) groups is 2. The van der Waals surface area contributed by atoms with Gasteiger partial charge in [0.25, 0.3) is 9.70 Å². The number of rotatable bonds is 9. The zero-order valence-corrected chi connectivity index (χ0v) is 23.6. The lowest BCUT2D eigenvalue weighted by Gasteiger charge is -2.36. The number of aromatic carboxylic acids is 1. The molecule has 0 aliphatic carbocycles. The van der Waals surface area contributed by atoms with Crippen molar-refractivity contribution in [1.29, 1.82) is 0 Å². The topological polar surface area (TPSA) is 105 Å². The van der Waals surface area contributed by atoms with E-state index in [0.29, 0.717) is 17.1 Å². The molecule has 3 aromatic carbocycles. The quantitative estimate of drug-likeness (QED) is 0.196. The zero-order valence-electron chi connectivity index (χ0n) is 20.6. The fourth-order valence-corrected chi connectivity index (χ4v) is 5.32. The highest BCUT2D eigenvalue weighted by Crippen LogP contribution is 2.40. The summed E-state index contributed by atoms with van der Waals surface area (Å²) in [5.74, 6) is -1.16. The fourth-order valence-electron chi connectivity index (χ4n) is 4.05. The molecule has 0 aromatic heterocycles. The van der Waals surface area contributed by atoms with E-state index in [1.165, 1.54) is 11.8 Å². The summed E-state index contributed by atoms with van der Waals surface area (Å²) in [6.07, 6.45) is -0.619. The predicted octanol–water partition coefficient (Wildman–Crippen LogP) is 6.20. The molecular formula is C28H26Cl3NO6S. The Morgan fingerprint density at radius 1 is 0.923 bits per heavy atom. The standard InChI is InChI=1S/C28H26Cl3NO6S/c29-28(30,31)27(36)32-14-17-5-11-20(12-6-17)26-37-21(16-39-24-4-2-1-3-22(24)25(34)35)13-23(38-26)19-9-7-18(15-33)8-10-19/h1-12,21,23,26,33H,13-16H2,(H,32,36)(H,34,35). The number of hydrogen-bond acceptors (Lipinski definition) is 6. The van der Waals surface area contributed by atoms with Crippen LogP contribution in [0.4, 0.5) is 0 Å². The van der Waals surface area contributed by atoms with Crippen LogP contribution in [0.25, 0.3) is 0 Å². The first-order valence-corrected chi connectivity index (χ1v) is 14.2. The highest BCUT2D eigenvalue weighted by Gasteiger charge is 2.33. The van der Waals surface area contributed by atoms with E-state index in [1.54, 1.807) is 18.2 Å². The van der Waals surface area contributed by atoms with Crippen molar-refractivity contribution in [1.82, 2.24) is 5.32 Å². The number of aliphatic hydroxyl groups is 1. The third-order valence-corrected chi connectivity index (χ3v) is 7.84. The van der Waals surface area contributed by atoms with Crippen LogP contribution in [-0.4, -0.2) is 37.7 Å². The number of benzene rings is 3. The second-order valence-electron chi connectivity index (χ2n) is 8.88. The van der Waals surface area contributed by atoms with E-state index in [2.05, 4.69) is 5.32 Å². The molecule has 3 unspecified atom stereocenters. The molecule has 0 spiro atoms. The molecule has 0 bridgehead atoms. The molecule has 1 fully saturated rings. The SMILES string of the molecule is O=C(O)c1ccccc1SCC1CC(c2ccc(CO)cc2)OC(c2ccc(CNC(=O)C(Cl)(Cl)Cl)cc2)O1. The Kier molecular flexibility index (Phi) is 10.2. The molecule has 3 N–H and O–H groups in total. The maximum absolute atomic E-state index is 11.8. The van der Waals surface area contributed by atoms with Gasteiger partial charge in [-0.15, -0.1) is 11.8 Å². The molecule has 0 radical (unpaired) electrons. The number of ether oxygens (including phenoxy) is 2. The summed E-state index contributed by atoms with van der Waals surface area (Å²) in [5.41, 5.74) is 3.58. The molecule has 11 heteroatoms. The molecule has 1 aliphatic heterocycles. The van der Waals surface area contributed by atoms with Crippen LogP contribution >= 0.6 is 46.6 Å². The van der Waals surface area contributed by atoms with E-state index >= 15 is 0 Å². The summed E-state index contributed by atoms with van der Waals surface area (Å²) >= 11 is 18.2. The van der Waals surface area contributed by atoms with Crippen molar-refractivity contribution in [3.05, 3.63) is 101 Å². The number of aliphatic hydroxyl groups excluding tert-OH is 1. The largest absolute Gasteiger partial charge is 0.478 e. The zero-order chi connectivity index (χ0) is 28.0. The van der Waals surface area contributed by atoms with Crippen molar-refractivity contribution >= 4 is 58.4 Å². The third kappa shape index (κ3) is 8.11. The van der Waals surface area contributed by atoms with Crippen LogP contribution in [0.3, 0.4) is 0 Å². The van der Waals surface area contributed by atoms with Crippen LogP contribution in [0.15, 0.2) is 77.7 Å². The number of hydrogen-bond donors (Lipinski definition) is 3. The van der Waals surface area contributed by atoms with Crippen LogP contribution in [0.5, 0.6) is 0 Å². The Morgan fingerprint density at radius 3 is 2.21 bits per heavy atom. The number of alkyl halides is 3. The first kappa shape index (κ1) is 29.7. The maximum Gasteiger partial charge on any atom is 0.336 e. The van der Waals surface area contributed by atoms with Gasteiger partial charge in [0.2, 0.25) is 0 Å². The molecule has 7 nitrogen and oxygen atoms in total. The molecule has 0 saturated carbocycles. The minimum atomic E-state index is -2.04. The summed E-state index contributed by atoms with van der Waals surface area (Å²) in [5, 5.41) is 21.5. The number of nitrogens with one attached hydrogen (secondary N) is 1. The van der Waals surface area contributed by atoms with Crippen molar-refractivity contribution < 1.29 is 29.3 Å². The highest BCUT2D eigenvalue weighted by molar-refractivity contribution is 7.99. The Hall–Kier alpha value is -2.30. The third-order valence-electron chi connectivity index (χ3n) is 6.12. The van der Waals surface area contributed by atoms with E-state index < -0.39 is 22.0 Å². The number of carboxylic acid groups (broad SMARTS) is 1. The number of thioether (sulfide) groups is 1. The molecule has 206 valence electrons. The van der Waals surface area contributed by atoms with Gasteiger partial charge in [-0.25, -0.2) is 4.79 Å². The molecular weight excluding hydrogens is 585 g/mol. The Labute approximate surface area is 245 Å². The average Bonchev–Trinajstić information content (AvgIpc) is 2.94. The van der Waals surface area contributed by atoms with Gasteiger partial charge in [-0.1, -0.05) is 95.5 Å². The first-order chi connectivity index (χ1) is 18.6. The molecule has 1 heterocycles. The lowest BCUT2D eigenvalue weighted by atomic mass is 10.0. The second-order valence-corrected chi connectivity index (χ2v) is 12.2. The lowest BCUT2D eigenvalue weighted by molar-refractivity contribution is -0.245. The Bertz CT molecular complexity index is 1280. The molecule has 1 amide bonds. The van der Waals surface area contributed by atoms with Gasteiger partial charge in [0.15, 0.2) is 6.29 Å². The maximum atomic E-state index is 11.8. The first-order valence-electron chi connectivity index (χ1n) is 12.0. The number of amides is 1. The van der Waals surface area contributed by atoms with Crippen LogP contribution in [-0.2, 0) is 27.4 Å². The molecule has 1 aliphatic rings. The smallest absolute Gasteiger partial charge is 0.336 e. The summed E-state index contributed by atoms with van der Waals surface area (Å²) in [6.45, 7) is 0.135. The number of halogens is 3. The van der Waals surface area contributed by atoms with Gasteiger partial charge in [0.1, 0.15) is 0 Å². The van der Waals surface area contributed by atoms with Crippen molar-refractivity contribution in [2.45, 2.75) is 46.8 Å². The number of carbonyl (C=O) groups excluding carboxylic acids is 1. The molecule has 39 heavy (non-hydrogen) atoms. The van der Waals surface area contributed by atoms with Gasteiger partial charge in [-0.2, -0.15) is 0 Å². The van der Waals surface area contributed by atoms with Crippen LogP contribution in [0.1, 0.15) is 51.4 Å². The van der Waals surface area contributed by atoms with Crippen molar-refractivity contribution in [2.24, 2.45) is 0 Å². The van der Waals surface area contributed by atoms with Gasteiger partial charge in [-0.3, -0.25) is 4.79 Å². The summed E-state index contributed by atoms with van der Waals surface area (Å²) in [4.78, 5) is 24.1. The number of carboxylic acids is 1. The average molecular weight is 611 g/mol. The van der Waals surface area contributed by atoms with Crippen LogP contribution in [0.2, 0.25) is 0 Å². The predicted molar refractivity (Wildman–Crippen MR) is 151 cm³/mol. The van der Waals surface area contributed by atoms with Crippen LogP contribution in [0, 0.1) is 0 Å². The Balaban J connectivity index is 1.50. The van der Waals surface area contributed by atoms with E-state index in [0.717, 1.165) is 22.3 Å². The van der Waals surface area contributed by atoms with Crippen molar-refractivity contribution in [3.8, 4) is 0 Å². The van der Waals surface area contributed by atoms with E-state index in [9.17, 15) is 19.8 Å². The van der Waals surface area contributed by atoms with Gasteiger partial charge >= 0.3 is 5.97 Å². The molecule has 3 atom stereocenters. The minimum Gasteiger partial charge on any atom is -0.478 e. The van der Waals surface area contributed by atoms with Gasteiger partial charge in [-0.05, 0) is 28.8 Å². The van der Waals surface area contributed by atoms with Crippen LogP contribution < -0.4 is 5.32 Å². The molecule has 3 aromatic rings. The summed E-state index contributed by atoms with van der Waals surface area (Å²) in [7, 11) is 0. The fraction of sp³-hybridized carbons (Fsp3) is 0.286. The summed E-state index contributed by atoms with van der Waals surface area (Å²) in [6, 6.07) is 21.8. The van der Waals surface area contributed by atoms with Crippen molar-refractivity contribution in [3.63, 3.8) is 0 Å². The molecule has 1 saturated heterocycles. The minimum absolute atomic E-state index is 0.0474. The van der Waals surface area contributed by atoms with Gasteiger partial charge in [0.05, 0.1) is 24.4 Å². The van der Waals surface area contributed by atoms with E-state index in [4.69, 9.17) is 44.3 Å². The highest BCUT2D eigenvalue weighted by atomic mass is 35.6. The Morgan fingerprint density at radius 2 is 1.56 bits per heavy atom. The molecule has 4 rings (SSSR count). The normalized spacial score (nSPS) is 19.4. The monoisotopic (exact) mass is 609 g/mol. The lowest BCUT2D eigenvalue weighted by Crippen LogP contribution is -2.34. The summed E-state index contributed by atoms with van der Waals surface area (Å²) < 4.78 is 10.6. The van der Waals surface area contributed by atoms with Crippen molar-refractivity contribution in [2.75, 3.05) is 5.75 Å². The second kappa shape index (κ2) is 13.4. The van der Waals surface area contributed by atoms with E-state index in [1.807, 2.05) is 54.6 Å². The van der Waals surface area contributed by atoms with Gasteiger partial charge < -0.3 is 25.0 Å².